The molecule has 1 rings (SSSR count). The van der Waals surface area contributed by atoms with E-state index in [1.807, 2.05) is 13.0 Å². The molecule has 0 aromatic rings. The molecular formula is C10H17NO2. The lowest BCUT2D eigenvalue weighted by Crippen LogP contribution is -2.30. The van der Waals surface area contributed by atoms with E-state index in [4.69, 9.17) is 4.74 Å². The van der Waals surface area contributed by atoms with Crippen molar-refractivity contribution in [2.24, 2.45) is 0 Å². The van der Waals surface area contributed by atoms with Crippen LogP contribution >= 0.6 is 0 Å². The van der Waals surface area contributed by atoms with Crippen molar-refractivity contribution in [2.75, 3.05) is 6.61 Å². The number of nitrogens with one attached hydrogen (secondary N) is 1. The lowest BCUT2D eigenvalue weighted by Gasteiger charge is -2.10. The molecule has 1 aliphatic heterocycles. The van der Waals surface area contributed by atoms with E-state index in [1.54, 1.807) is 0 Å². The highest BCUT2D eigenvalue weighted by molar-refractivity contribution is 5.70. The van der Waals surface area contributed by atoms with Gasteiger partial charge in [-0.3, -0.25) is 4.79 Å². The fourth-order valence-electron chi connectivity index (χ4n) is 1.62. The third kappa shape index (κ3) is 3.19. The van der Waals surface area contributed by atoms with Gasteiger partial charge in [0.1, 0.15) is 0 Å². The summed E-state index contributed by atoms with van der Waals surface area (Å²) < 4.78 is 4.87. The first kappa shape index (κ1) is 10.3. The Hall–Kier alpha value is -0.830. The van der Waals surface area contributed by atoms with Crippen molar-refractivity contribution in [1.29, 1.82) is 0 Å². The molecule has 3 heteroatoms. The monoisotopic (exact) mass is 183 g/mol. The van der Waals surface area contributed by atoms with Crippen LogP contribution in [0, 0.1) is 0 Å². The Morgan fingerprint density at radius 2 is 2.46 bits per heavy atom. The molecule has 0 amide bonds. The topological polar surface area (TPSA) is 38.3 Å². The zero-order chi connectivity index (χ0) is 9.68. The van der Waals surface area contributed by atoms with Crippen molar-refractivity contribution in [1.82, 2.24) is 5.32 Å². The highest BCUT2D eigenvalue weighted by Gasteiger charge is 2.23. The third-order valence-electron chi connectivity index (χ3n) is 2.28. The number of carbonyl (C=O) groups excluding carboxylic acids is 1. The van der Waals surface area contributed by atoms with Crippen LogP contribution < -0.4 is 5.32 Å². The number of ether oxygens (including phenoxy) is 1. The maximum atomic E-state index is 11.1. The van der Waals surface area contributed by atoms with E-state index in [0.29, 0.717) is 19.1 Å². The Labute approximate surface area is 79.2 Å². The first-order valence-electron chi connectivity index (χ1n) is 4.80. The zero-order valence-corrected chi connectivity index (χ0v) is 8.08. The van der Waals surface area contributed by atoms with Gasteiger partial charge in [-0.2, -0.15) is 0 Å². The summed E-state index contributed by atoms with van der Waals surface area (Å²) in [4.78, 5) is 11.1. The lowest BCUT2D eigenvalue weighted by molar-refractivity contribution is -0.143. The standard InChI is InChI=1S/C10H17NO2/c1-3-8-5-6-9(11-8)7-10(12)13-4-2/h3,8-9,11H,1,4-7H2,2H3. The van der Waals surface area contributed by atoms with Gasteiger partial charge in [-0.1, -0.05) is 6.08 Å². The SMILES string of the molecule is C=CC1CCC(CC(=O)OCC)N1. The second-order valence-corrected chi connectivity index (χ2v) is 3.29. The van der Waals surface area contributed by atoms with Crippen molar-refractivity contribution in [3.8, 4) is 0 Å². The van der Waals surface area contributed by atoms with Crippen molar-refractivity contribution in [3.05, 3.63) is 12.7 Å². The molecule has 3 nitrogen and oxygen atoms in total. The second-order valence-electron chi connectivity index (χ2n) is 3.29. The number of carbonyl (C=O) groups is 1. The molecule has 0 aromatic carbocycles. The predicted molar refractivity (Wildman–Crippen MR) is 51.4 cm³/mol. The smallest absolute Gasteiger partial charge is 0.307 e. The van der Waals surface area contributed by atoms with Crippen molar-refractivity contribution >= 4 is 5.97 Å². The van der Waals surface area contributed by atoms with Gasteiger partial charge in [0.15, 0.2) is 0 Å². The first-order valence-corrected chi connectivity index (χ1v) is 4.80. The van der Waals surface area contributed by atoms with Crippen molar-refractivity contribution in [2.45, 2.75) is 38.3 Å². The Morgan fingerprint density at radius 3 is 3.00 bits per heavy atom. The van der Waals surface area contributed by atoms with Crippen molar-refractivity contribution in [3.63, 3.8) is 0 Å². The Kier molecular flexibility index (Phi) is 3.96. The number of hydrogen-bond donors (Lipinski definition) is 1. The fourth-order valence-corrected chi connectivity index (χ4v) is 1.62. The van der Waals surface area contributed by atoms with E-state index in [9.17, 15) is 4.79 Å². The molecule has 0 aliphatic carbocycles. The van der Waals surface area contributed by atoms with Crippen LogP contribution in [0.3, 0.4) is 0 Å². The Morgan fingerprint density at radius 1 is 1.69 bits per heavy atom. The van der Waals surface area contributed by atoms with Crippen LogP contribution in [0.15, 0.2) is 12.7 Å². The summed E-state index contributed by atoms with van der Waals surface area (Å²) >= 11 is 0. The number of esters is 1. The highest BCUT2D eigenvalue weighted by Crippen LogP contribution is 2.15. The van der Waals surface area contributed by atoms with Gasteiger partial charge in [0.2, 0.25) is 0 Å². The molecule has 1 N–H and O–H groups in total. The summed E-state index contributed by atoms with van der Waals surface area (Å²) in [5, 5.41) is 3.31. The molecule has 13 heavy (non-hydrogen) atoms. The van der Waals surface area contributed by atoms with Gasteiger partial charge in [-0.15, -0.1) is 6.58 Å². The number of hydrogen-bond acceptors (Lipinski definition) is 3. The average Bonchev–Trinajstić information content (AvgIpc) is 2.52. The molecule has 2 unspecified atom stereocenters. The summed E-state index contributed by atoms with van der Waals surface area (Å²) in [6, 6.07) is 0.654. The minimum Gasteiger partial charge on any atom is -0.466 e. The van der Waals surface area contributed by atoms with Crippen molar-refractivity contribution < 1.29 is 9.53 Å². The second kappa shape index (κ2) is 5.02. The van der Waals surface area contributed by atoms with Crippen LogP contribution in [-0.2, 0) is 9.53 Å². The van der Waals surface area contributed by atoms with Gasteiger partial charge in [0.25, 0.3) is 0 Å². The summed E-state index contributed by atoms with van der Waals surface area (Å²) in [5.41, 5.74) is 0. The van der Waals surface area contributed by atoms with E-state index >= 15 is 0 Å². The Bertz CT molecular complexity index is 191. The zero-order valence-electron chi connectivity index (χ0n) is 8.08. The molecule has 1 heterocycles. The van der Waals surface area contributed by atoms with Crippen LogP contribution in [0.25, 0.3) is 0 Å². The largest absolute Gasteiger partial charge is 0.466 e. The molecule has 0 saturated carbocycles. The molecular weight excluding hydrogens is 166 g/mol. The van der Waals surface area contributed by atoms with Gasteiger partial charge in [-0.25, -0.2) is 0 Å². The molecule has 1 saturated heterocycles. The fraction of sp³-hybridized carbons (Fsp3) is 0.700. The molecule has 0 spiro atoms. The molecule has 0 radical (unpaired) electrons. The molecule has 0 bridgehead atoms. The molecule has 2 atom stereocenters. The minimum absolute atomic E-state index is 0.107. The summed E-state index contributed by atoms with van der Waals surface area (Å²) in [6.07, 6.45) is 4.49. The maximum absolute atomic E-state index is 11.1. The van der Waals surface area contributed by atoms with Crippen LogP contribution in [0.4, 0.5) is 0 Å². The summed E-state index contributed by atoms with van der Waals surface area (Å²) in [5.74, 6) is -0.107. The van der Waals surface area contributed by atoms with E-state index in [0.717, 1.165) is 12.8 Å². The first-order chi connectivity index (χ1) is 6.26. The third-order valence-corrected chi connectivity index (χ3v) is 2.28. The van der Waals surface area contributed by atoms with Crippen LogP contribution in [0.2, 0.25) is 0 Å². The van der Waals surface area contributed by atoms with Gasteiger partial charge in [0, 0.05) is 12.1 Å². The lowest BCUT2D eigenvalue weighted by atomic mass is 10.1. The van der Waals surface area contributed by atoms with E-state index in [1.165, 1.54) is 0 Å². The van der Waals surface area contributed by atoms with Crippen LogP contribution in [-0.4, -0.2) is 24.7 Å². The number of rotatable bonds is 4. The van der Waals surface area contributed by atoms with Gasteiger partial charge in [0.05, 0.1) is 13.0 Å². The summed E-state index contributed by atoms with van der Waals surface area (Å²) in [7, 11) is 0. The molecule has 1 fully saturated rings. The molecule has 0 aromatic heterocycles. The van der Waals surface area contributed by atoms with E-state index < -0.39 is 0 Å². The molecule has 74 valence electrons. The van der Waals surface area contributed by atoms with E-state index in [2.05, 4.69) is 11.9 Å². The normalized spacial score (nSPS) is 27.2. The maximum Gasteiger partial charge on any atom is 0.307 e. The summed E-state index contributed by atoms with van der Waals surface area (Å²) in [6.45, 7) is 6.01. The predicted octanol–water partition coefficient (Wildman–Crippen LogP) is 1.25. The average molecular weight is 183 g/mol. The van der Waals surface area contributed by atoms with Crippen LogP contribution in [0.1, 0.15) is 26.2 Å². The highest BCUT2D eigenvalue weighted by atomic mass is 16.5. The quantitative estimate of drug-likeness (QED) is 0.526. The minimum atomic E-state index is -0.107. The van der Waals surface area contributed by atoms with E-state index in [-0.39, 0.29) is 12.0 Å². The Balaban J connectivity index is 2.23. The van der Waals surface area contributed by atoms with Gasteiger partial charge in [-0.05, 0) is 19.8 Å². The van der Waals surface area contributed by atoms with Gasteiger partial charge >= 0.3 is 5.97 Å². The van der Waals surface area contributed by atoms with Gasteiger partial charge < -0.3 is 10.1 Å². The van der Waals surface area contributed by atoms with Crippen LogP contribution in [0.5, 0.6) is 0 Å². The molecule has 1 aliphatic rings.